The maximum Gasteiger partial charge on any atom is 0.224 e. The normalized spacial score (nSPS) is 16.6. The number of hydrogen-bond acceptors (Lipinski definition) is 3. The molecule has 1 aliphatic heterocycles. The molecule has 1 aromatic heterocycles. The minimum Gasteiger partial charge on any atom is -0.370 e. The van der Waals surface area contributed by atoms with Gasteiger partial charge in [-0.1, -0.05) is 35.3 Å². The number of nitrogens with one attached hydrogen (secondary N) is 2. The smallest absolute Gasteiger partial charge is 0.224 e. The van der Waals surface area contributed by atoms with Gasteiger partial charge in [-0.15, -0.1) is 11.3 Å². The summed E-state index contributed by atoms with van der Waals surface area (Å²) in [6.07, 6.45) is 0.256. The van der Waals surface area contributed by atoms with E-state index in [1.54, 1.807) is 29.5 Å². The van der Waals surface area contributed by atoms with Gasteiger partial charge in [0.2, 0.25) is 5.91 Å². The minimum atomic E-state index is -0.0292. The van der Waals surface area contributed by atoms with E-state index in [0.717, 1.165) is 31.9 Å². The number of morpholine rings is 1. The van der Waals surface area contributed by atoms with Crippen molar-refractivity contribution >= 4 is 40.4 Å². The van der Waals surface area contributed by atoms with Gasteiger partial charge in [-0.05, 0) is 29.1 Å². The lowest BCUT2D eigenvalue weighted by Gasteiger charge is -2.31. The molecule has 0 spiro atoms. The SMILES string of the molecule is O=C(Cc1ccc(Cl)cc1Cl)NC[C@@H](c1cccs1)[NH+]1CCOCC1. The lowest BCUT2D eigenvalue weighted by Crippen LogP contribution is -3.15. The van der Waals surface area contributed by atoms with Crippen LogP contribution in [0.15, 0.2) is 35.7 Å². The number of halogens is 2. The molecule has 0 radical (unpaired) electrons. The van der Waals surface area contributed by atoms with Crippen LogP contribution in [0.3, 0.4) is 0 Å². The summed E-state index contributed by atoms with van der Waals surface area (Å²) in [5.41, 5.74) is 0.787. The van der Waals surface area contributed by atoms with Gasteiger partial charge in [0.05, 0.1) is 31.1 Å². The fourth-order valence-corrected chi connectivity index (χ4v) is 4.40. The van der Waals surface area contributed by atoms with Crippen LogP contribution < -0.4 is 10.2 Å². The van der Waals surface area contributed by atoms with Crippen molar-refractivity contribution in [3.63, 3.8) is 0 Å². The molecule has 0 unspecified atom stereocenters. The molecule has 0 saturated carbocycles. The minimum absolute atomic E-state index is 0.0292. The van der Waals surface area contributed by atoms with Crippen LogP contribution in [0.5, 0.6) is 0 Å². The predicted molar refractivity (Wildman–Crippen MR) is 102 cm³/mol. The fraction of sp³-hybridized carbons (Fsp3) is 0.389. The van der Waals surface area contributed by atoms with Gasteiger partial charge in [-0.3, -0.25) is 4.79 Å². The van der Waals surface area contributed by atoms with E-state index in [4.69, 9.17) is 27.9 Å². The molecule has 7 heteroatoms. The predicted octanol–water partition coefficient (Wildman–Crippen LogP) is 2.37. The second-order valence-corrected chi connectivity index (χ2v) is 7.88. The van der Waals surface area contributed by atoms with Crippen molar-refractivity contribution in [2.24, 2.45) is 0 Å². The van der Waals surface area contributed by atoms with Gasteiger partial charge in [0, 0.05) is 10.0 Å². The third-order valence-corrected chi connectivity index (χ3v) is 5.96. The Morgan fingerprint density at radius 2 is 2.08 bits per heavy atom. The Bertz CT molecular complexity index is 703. The number of carbonyl (C=O) groups excluding carboxylic acids is 1. The van der Waals surface area contributed by atoms with E-state index in [1.807, 2.05) is 0 Å². The topological polar surface area (TPSA) is 42.8 Å². The summed E-state index contributed by atoms with van der Waals surface area (Å²) in [5, 5.41) is 6.25. The maximum atomic E-state index is 12.4. The molecule has 1 saturated heterocycles. The van der Waals surface area contributed by atoms with Crippen LogP contribution >= 0.6 is 34.5 Å². The molecule has 4 nitrogen and oxygen atoms in total. The number of hydrogen-bond donors (Lipinski definition) is 2. The number of thiophene rings is 1. The van der Waals surface area contributed by atoms with Gasteiger partial charge in [0.15, 0.2) is 0 Å². The van der Waals surface area contributed by atoms with Gasteiger partial charge in [-0.2, -0.15) is 0 Å². The first-order chi connectivity index (χ1) is 12.1. The highest BCUT2D eigenvalue weighted by Crippen LogP contribution is 2.21. The standard InChI is InChI=1S/C18H20Cl2N2O2S/c19-14-4-3-13(15(20)11-14)10-18(23)21-12-16(17-2-1-9-25-17)22-5-7-24-8-6-22/h1-4,9,11,16H,5-8,10,12H2,(H,21,23)/p+1/t16-/m0/s1. The summed E-state index contributed by atoms with van der Waals surface area (Å²) in [7, 11) is 0. The molecule has 1 amide bonds. The van der Waals surface area contributed by atoms with Gasteiger partial charge < -0.3 is 15.0 Å². The molecule has 1 fully saturated rings. The van der Waals surface area contributed by atoms with Gasteiger partial charge in [0.1, 0.15) is 19.1 Å². The Balaban J connectivity index is 1.61. The van der Waals surface area contributed by atoms with Crippen LogP contribution in [0.2, 0.25) is 10.0 Å². The zero-order chi connectivity index (χ0) is 17.6. The highest BCUT2D eigenvalue weighted by Gasteiger charge is 2.27. The summed E-state index contributed by atoms with van der Waals surface area (Å²) >= 11 is 13.8. The van der Waals surface area contributed by atoms with Crippen molar-refractivity contribution in [2.75, 3.05) is 32.8 Å². The average Bonchev–Trinajstić information content (AvgIpc) is 3.13. The Hall–Kier alpha value is -1.11. The van der Waals surface area contributed by atoms with E-state index >= 15 is 0 Å². The first-order valence-corrected chi connectivity index (χ1v) is 9.93. The molecular formula is C18H21Cl2N2O2S+. The molecule has 3 rings (SSSR count). The Kier molecular flexibility index (Phi) is 6.73. The Morgan fingerprint density at radius 1 is 1.28 bits per heavy atom. The second-order valence-electron chi connectivity index (χ2n) is 6.06. The molecule has 134 valence electrons. The Labute approximate surface area is 161 Å². The van der Waals surface area contributed by atoms with Crippen LogP contribution in [0.4, 0.5) is 0 Å². The molecular weight excluding hydrogens is 379 g/mol. The van der Waals surface area contributed by atoms with Crippen LogP contribution in [0, 0.1) is 0 Å². The van der Waals surface area contributed by atoms with Crippen LogP contribution in [0.1, 0.15) is 16.5 Å². The first kappa shape index (κ1) is 18.7. The van der Waals surface area contributed by atoms with Gasteiger partial charge >= 0.3 is 0 Å². The summed E-state index contributed by atoms with van der Waals surface area (Å²) in [5.74, 6) is -0.0292. The average molecular weight is 400 g/mol. The van der Waals surface area contributed by atoms with Crippen molar-refractivity contribution in [3.8, 4) is 0 Å². The van der Waals surface area contributed by atoms with Crippen molar-refractivity contribution in [1.82, 2.24) is 5.32 Å². The summed E-state index contributed by atoms with van der Waals surface area (Å²) in [6.45, 7) is 4.07. The van der Waals surface area contributed by atoms with E-state index in [0.29, 0.717) is 16.6 Å². The van der Waals surface area contributed by atoms with Crippen molar-refractivity contribution in [3.05, 3.63) is 56.2 Å². The zero-order valence-electron chi connectivity index (χ0n) is 13.8. The van der Waals surface area contributed by atoms with Crippen molar-refractivity contribution < 1.29 is 14.4 Å². The molecule has 0 aliphatic carbocycles. The molecule has 1 aliphatic rings. The quantitative estimate of drug-likeness (QED) is 0.782. The third kappa shape index (κ3) is 5.19. The number of rotatable bonds is 6. The van der Waals surface area contributed by atoms with Crippen LogP contribution in [-0.2, 0) is 16.0 Å². The summed E-state index contributed by atoms with van der Waals surface area (Å²) in [6, 6.07) is 9.67. The molecule has 2 N–H and O–H groups in total. The van der Waals surface area contributed by atoms with Crippen LogP contribution in [-0.4, -0.2) is 38.8 Å². The largest absolute Gasteiger partial charge is 0.370 e. The molecule has 1 atom stereocenters. The molecule has 2 heterocycles. The summed E-state index contributed by atoms with van der Waals surface area (Å²) in [4.78, 5) is 15.1. The van der Waals surface area contributed by atoms with E-state index in [-0.39, 0.29) is 18.4 Å². The van der Waals surface area contributed by atoms with Crippen molar-refractivity contribution in [2.45, 2.75) is 12.5 Å². The molecule has 25 heavy (non-hydrogen) atoms. The third-order valence-electron chi connectivity index (χ3n) is 4.38. The van der Waals surface area contributed by atoms with E-state index in [1.165, 1.54) is 9.78 Å². The lowest BCUT2D eigenvalue weighted by molar-refractivity contribution is -0.937. The van der Waals surface area contributed by atoms with Gasteiger partial charge in [-0.25, -0.2) is 0 Å². The van der Waals surface area contributed by atoms with E-state index in [2.05, 4.69) is 22.8 Å². The number of quaternary nitrogens is 1. The van der Waals surface area contributed by atoms with E-state index in [9.17, 15) is 4.79 Å². The monoisotopic (exact) mass is 399 g/mol. The Morgan fingerprint density at radius 3 is 2.76 bits per heavy atom. The second kappa shape index (κ2) is 9.01. The highest BCUT2D eigenvalue weighted by atomic mass is 35.5. The number of carbonyl (C=O) groups is 1. The zero-order valence-corrected chi connectivity index (χ0v) is 16.1. The summed E-state index contributed by atoms with van der Waals surface area (Å²) < 4.78 is 5.46. The fourth-order valence-electron chi connectivity index (χ4n) is 3.03. The number of benzene rings is 1. The first-order valence-electron chi connectivity index (χ1n) is 8.30. The van der Waals surface area contributed by atoms with Crippen LogP contribution in [0.25, 0.3) is 0 Å². The van der Waals surface area contributed by atoms with Crippen molar-refractivity contribution in [1.29, 1.82) is 0 Å². The van der Waals surface area contributed by atoms with E-state index < -0.39 is 0 Å². The molecule has 0 bridgehead atoms. The highest BCUT2D eigenvalue weighted by molar-refractivity contribution is 7.10. The molecule has 1 aromatic carbocycles. The molecule has 2 aromatic rings. The lowest BCUT2D eigenvalue weighted by atomic mass is 10.1. The number of amides is 1. The number of ether oxygens (including phenoxy) is 1. The maximum absolute atomic E-state index is 12.4. The van der Waals surface area contributed by atoms with Gasteiger partial charge in [0.25, 0.3) is 0 Å².